The molecule has 31 heavy (non-hydrogen) atoms. The second kappa shape index (κ2) is 12.3. The van der Waals surface area contributed by atoms with E-state index < -0.39 is 0 Å². The molecular weight excluding hydrogens is 388 g/mol. The molecule has 0 unspecified atom stereocenters. The Balaban J connectivity index is 1.41. The van der Waals surface area contributed by atoms with Crippen molar-refractivity contribution >= 4 is 5.96 Å². The molecule has 2 aliphatic rings. The molecule has 6 heteroatoms. The zero-order chi connectivity index (χ0) is 21.9. The number of methoxy groups -OCH3 is 2. The topological polar surface area (TPSA) is 58.1 Å². The Morgan fingerprint density at radius 1 is 1.13 bits per heavy atom. The lowest BCUT2D eigenvalue weighted by molar-refractivity contribution is 0.0778. The first-order valence-corrected chi connectivity index (χ1v) is 12.0. The van der Waals surface area contributed by atoms with Crippen LogP contribution in [0.1, 0.15) is 51.0 Å². The molecule has 1 aromatic carbocycles. The Morgan fingerprint density at radius 3 is 2.45 bits per heavy atom. The van der Waals surface area contributed by atoms with Gasteiger partial charge in [0.05, 0.1) is 7.11 Å². The normalized spacial score (nSPS) is 19.6. The van der Waals surface area contributed by atoms with E-state index in [1.165, 1.54) is 37.7 Å². The van der Waals surface area contributed by atoms with Crippen LogP contribution in [-0.2, 0) is 11.3 Å². The lowest BCUT2D eigenvalue weighted by Gasteiger charge is -2.41. The zero-order valence-electron chi connectivity index (χ0n) is 19.8. The molecule has 3 rings (SSSR count). The van der Waals surface area contributed by atoms with Gasteiger partial charge in [-0.15, -0.1) is 0 Å². The highest BCUT2D eigenvalue weighted by atomic mass is 16.5. The maximum absolute atomic E-state index is 5.32. The standard InChI is InChI=1S/C25H42N4O2/c1-4-26-24(28-20-25(12-5-13-25)14-17-30-2)27-18-21-10-15-29(16-11-21)19-22-6-8-23(31-3)9-7-22/h6-9,21H,4-5,10-20H2,1-3H3,(H2,26,27,28). The van der Waals surface area contributed by atoms with E-state index in [1.807, 2.05) is 0 Å². The van der Waals surface area contributed by atoms with Gasteiger partial charge in [-0.1, -0.05) is 18.6 Å². The highest BCUT2D eigenvalue weighted by Gasteiger charge is 2.36. The monoisotopic (exact) mass is 430 g/mol. The summed E-state index contributed by atoms with van der Waals surface area (Å²) in [6.45, 7) is 9.14. The van der Waals surface area contributed by atoms with Crippen LogP contribution in [0, 0.1) is 11.3 Å². The van der Waals surface area contributed by atoms with Gasteiger partial charge in [0.15, 0.2) is 5.96 Å². The van der Waals surface area contributed by atoms with Gasteiger partial charge in [-0.05, 0) is 81.1 Å². The van der Waals surface area contributed by atoms with Crippen molar-refractivity contribution in [3.63, 3.8) is 0 Å². The fourth-order valence-corrected chi connectivity index (χ4v) is 4.65. The van der Waals surface area contributed by atoms with Crippen LogP contribution in [0.25, 0.3) is 0 Å². The number of nitrogens with one attached hydrogen (secondary N) is 2. The molecular formula is C25H42N4O2. The Morgan fingerprint density at radius 2 is 1.87 bits per heavy atom. The van der Waals surface area contributed by atoms with E-state index in [1.54, 1.807) is 14.2 Å². The minimum absolute atomic E-state index is 0.366. The lowest BCUT2D eigenvalue weighted by atomic mass is 9.67. The number of hydrogen-bond acceptors (Lipinski definition) is 4. The number of likely N-dealkylation sites (tertiary alicyclic amines) is 1. The van der Waals surface area contributed by atoms with Crippen LogP contribution in [0.5, 0.6) is 5.75 Å². The first kappa shape index (κ1) is 23.9. The van der Waals surface area contributed by atoms with Gasteiger partial charge >= 0.3 is 0 Å². The molecule has 0 radical (unpaired) electrons. The average molecular weight is 431 g/mol. The van der Waals surface area contributed by atoms with Crippen LogP contribution >= 0.6 is 0 Å². The van der Waals surface area contributed by atoms with Crippen LogP contribution in [0.3, 0.4) is 0 Å². The fourth-order valence-electron chi connectivity index (χ4n) is 4.65. The van der Waals surface area contributed by atoms with Crippen LogP contribution in [0.2, 0.25) is 0 Å². The summed E-state index contributed by atoms with van der Waals surface area (Å²) < 4.78 is 10.6. The number of ether oxygens (including phenoxy) is 2. The number of nitrogens with zero attached hydrogens (tertiary/aromatic N) is 2. The molecule has 0 amide bonds. The number of guanidine groups is 1. The fraction of sp³-hybridized carbons (Fsp3) is 0.720. The van der Waals surface area contributed by atoms with Crippen molar-refractivity contribution in [3.8, 4) is 5.75 Å². The molecule has 1 aromatic rings. The highest BCUT2D eigenvalue weighted by molar-refractivity contribution is 5.79. The van der Waals surface area contributed by atoms with Gasteiger partial charge in [0.25, 0.3) is 0 Å². The van der Waals surface area contributed by atoms with Gasteiger partial charge in [0, 0.05) is 39.9 Å². The van der Waals surface area contributed by atoms with Crippen molar-refractivity contribution in [2.45, 2.75) is 52.0 Å². The molecule has 0 spiro atoms. The maximum atomic E-state index is 5.32. The minimum atomic E-state index is 0.366. The molecule has 0 atom stereocenters. The first-order chi connectivity index (χ1) is 15.2. The van der Waals surface area contributed by atoms with Crippen LogP contribution in [-0.4, -0.2) is 64.4 Å². The average Bonchev–Trinajstić information content (AvgIpc) is 2.78. The van der Waals surface area contributed by atoms with Gasteiger partial charge in [0.1, 0.15) is 5.75 Å². The second-order valence-corrected chi connectivity index (χ2v) is 9.24. The van der Waals surface area contributed by atoms with E-state index in [4.69, 9.17) is 14.5 Å². The van der Waals surface area contributed by atoms with E-state index >= 15 is 0 Å². The Bertz CT molecular complexity index is 665. The van der Waals surface area contributed by atoms with Crippen LogP contribution in [0.4, 0.5) is 0 Å². The van der Waals surface area contributed by atoms with Gasteiger partial charge in [-0.2, -0.15) is 0 Å². The number of hydrogen-bond donors (Lipinski definition) is 2. The summed E-state index contributed by atoms with van der Waals surface area (Å²) in [6, 6.07) is 8.45. The Kier molecular flexibility index (Phi) is 9.47. The summed E-state index contributed by atoms with van der Waals surface area (Å²) in [5.74, 6) is 2.61. The Labute approximate surface area is 188 Å². The first-order valence-electron chi connectivity index (χ1n) is 12.0. The zero-order valence-corrected chi connectivity index (χ0v) is 19.8. The molecule has 0 bridgehead atoms. The molecule has 2 N–H and O–H groups in total. The van der Waals surface area contributed by atoms with Gasteiger partial charge in [-0.25, -0.2) is 0 Å². The molecule has 2 fully saturated rings. The third-order valence-electron chi connectivity index (χ3n) is 7.00. The van der Waals surface area contributed by atoms with Gasteiger partial charge < -0.3 is 20.1 Å². The minimum Gasteiger partial charge on any atom is -0.497 e. The summed E-state index contributed by atoms with van der Waals surface area (Å²) in [7, 11) is 3.51. The van der Waals surface area contributed by atoms with Crippen LogP contribution < -0.4 is 15.4 Å². The van der Waals surface area contributed by atoms with E-state index in [0.717, 1.165) is 64.0 Å². The number of piperidine rings is 1. The predicted octanol–water partition coefficient (Wildman–Crippen LogP) is 3.67. The van der Waals surface area contributed by atoms with Gasteiger partial charge in [-0.3, -0.25) is 9.89 Å². The molecule has 1 heterocycles. The number of rotatable bonds is 11. The summed E-state index contributed by atoms with van der Waals surface area (Å²) in [5.41, 5.74) is 1.72. The lowest BCUT2D eigenvalue weighted by Crippen LogP contribution is -2.43. The van der Waals surface area contributed by atoms with Crippen molar-refractivity contribution in [2.75, 3.05) is 53.6 Å². The largest absolute Gasteiger partial charge is 0.497 e. The molecule has 1 aliphatic carbocycles. The van der Waals surface area contributed by atoms with Gasteiger partial charge in [0.2, 0.25) is 0 Å². The number of aliphatic imine (C=N–C) groups is 1. The summed E-state index contributed by atoms with van der Waals surface area (Å²) in [4.78, 5) is 7.51. The third-order valence-corrected chi connectivity index (χ3v) is 7.00. The number of benzene rings is 1. The summed E-state index contributed by atoms with van der Waals surface area (Å²) in [5, 5.41) is 7.06. The van der Waals surface area contributed by atoms with Crippen molar-refractivity contribution in [2.24, 2.45) is 16.3 Å². The van der Waals surface area contributed by atoms with E-state index in [2.05, 4.69) is 46.7 Å². The van der Waals surface area contributed by atoms with Crippen LogP contribution in [0.15, 0.2) is 29.3 Å². The molecule has 1 saturated carbocycles. The SMILES string of the molecule is CCNC(=NCC1(CCOC)CCC1)NCC1CCN(Cc2ccc(OC)cc2)CC1. The van der Waals surface area contributed by atoms with Crippen molar-refractivity contribution in [3.05, 3.63) is 29.8 Å². The van der Waals surface area contributed by atoms with E-state index in [0.29, 0.717) is 11.3 Å². The molecule has 1 aliphatic heterocycles. The molecule has 6 nitrogen and oxygen atoms in total. The highest BCUT2D eigenvalue weighted by Crippen LogP contribution is 2.44. The molecule has 0 aromatic heterocycles. The van der Waals surface area contributed by atoms with E-state index in [9.17, 15) is 0 Å². The molecule has 174 valence electrons. The van der Waals surface area contributed by atoms with E-state index in [-0.39, 0.29) is 0 Å². The summed E-state index contributed by atoms with van der Waals surface area (Å²) >= 11 is 0. The maximum Gasteiger partial charge on any atom is 0.191 e. The second-order valence-electron chi connectivity index (χ2n) is 9.24. The van der Waals surface area contributed by atoms with Crippen molar-refractivity contribution < 1.29 is 9.47 Å². The third kappa shape index (κ3) is 7.39. The predicted molar refractivity (Wildman–Crippen MR) is 128 cm³/mol. The smallest absolute Gasteiger partial charge is 0.191 e. The van der Waals surface area contributed by atoms with Crippen molar-refractivity contribution in [1.82, 2.24) is 15.5 Å². The van der Waals surface area contributed by atoms with Crippen molar-refractivity contribution in [1.29, 1.82) is 0 Å². The molecule has 1 saturated heterocycles. The quantitative estimate of drug-likeness (QED) is 0.414. The Hall–Kier alpha value is -1.79. The summed E-state index contributed by atoms with van der Waals surface area (Å²) in [6.07, 6.45) is 7.50.